The average Bonchev–Trinajstić information content (AvgIpc) is 3.15. The van der Waals surface area contributed by atoms with Crippen molar-refractivity contribution in [2.24, 2.45) is 5.92 Å². The van der Waals surface area contributed by atoms with Gasteiger partial charge in [0.05, 0.1) is 6.61 Å². The largest absolute Gasteiger partial charge is 0.493 e. The molecule has 1 aliphatic heterocycles. The Labute approximate surface area is 140 Å². The van der Waals surface area contributed by atoms with Crippen molar-refractivity contribution < 1.29 is 4.74 Å². The van der Waals surface area contributed by atoms with E-state index in [0.717, 1.165) is 25.0 Å². The monoisotopic (exact) mass is 306 g/mol. The minimum atomic E-state index is 0.757. The molecule has 2 fully saturated rings. The smallest absolute Gasteiger partial charge is 0.176 e. The molecule has 1 saturated carbocycles. The highest BCUT2D eigenvalue weighted by Crippen LogP contribution is 2.30. The van der Waals surface area contributed by atoms with E-state index in [1.54, 1.807) is 5.46 Å². The number of benzene rings is 2. The minimum Gasteiger partial charge on any atom is -0.493 e. The summed E-state index contributed by atoms with van der Waals surface area (Å²) >= 11 is 0. The van der Waals surface area contributed by atoms with E-state index >= 15 is 0 Å². The molecule has 0 spiro atoms. The molecule has 2 aliphatic rings. The molecule has 0 atom stereocenters. The van der Waals surface area contributed by atoms with Gasteiger partial charge in [-0.2, -0.15) is 0 Å². The summed E-state index contributed by atoms with van der Waals surface area (Å²) in [7, 11) is 0. The lowest BCUT2D eigenvalue weighted by Crippen LogP contribution is -2.27. The van der Waals surface area contributed by atoms with Gasteiger partial charge < -0.3 is 4.74 Å². The molecule has 1 aliphatic carbocycles. The second-order valence-corrected chi connectivity index (χ2v) is 7.49. The Morgan fingerprint density at radius 2 is 1.57 bits per heavy atom. The van der Waals surface area contributed by atoms with Crippen molar-refractivity contribution in [3.05, 3.63) is 36.4 Å². The molecular weight excluding hydrogens is 279 g/mol. The zero-order valence-corrected chi connectivity index (χ0v) is 14.1. The lowest BCUT2D eigenvalue weighted by atomic mass is 9.43. The average molecular weight is 306 g/mol. The predicted molar refractivity (Wildman–Crippen MR) is 100 cm³/mol. The molecular formula is C21H27BO. The summed E-state index contributed by atoms with van der Waals surface area (Å²) in [6.07, 6.45) is 12.4. The van der Waals surface area contributed by atoms with Gasteiger partial charge in [-0.05, 0) is 30.2 Å². The van der Waals surface area contributed by atoms with Crippen LogP contribution in [-0.4, -0.2) is 13.3 Å². The normalized spacial score (nSPS) is 19.4. The first-order chi connectivity index (χ1) is 11.4. The van der Waals surface area contributed by atoms with Crippen molar-refractivity contribution in [3.63, 3.8) is 0 Å². The van der Waals surface area contributed by atoms with E-state index in [4.69, 9.17) is 4.74 Å². The van der Waals surface area contributed by atoms with E-state index in [0.29, 0.717) is 0 Å². The number of hydrogen-bond acceptors (Lipinski definition) is 1. The molecule has 2 aromatic rings. The van der Waals surface area contributed by atoms with Crippen LogP contribution in [0, 0.1) is 5.92 Å². The maximum absolute atomic E-state index is 6.28. The van der Waals surface area contributed by atoms with Crippen LogP contribution in [0.4, 0.5) is 0 Å². The van der Waals surface area contributed by atoms with Gasteiger partial charge in [0.2, 0.25) is 0 Å². The Morgan fingerprint density at radius 3 is 2.35 bits per heavy atom. The topological polar surface area (TPSA) is 9.23 Å². The van der Waals surface area contributed by atoms with Crippen LogP contribution in [0.1, 0.15) is 44.9 Å². The molecule has 23 heavy (non-hydrogen) atoms. The number of fused-ring (bicyclic) bond motifs is 1. The lowest BCUT2D eigenvalue weighted by molar-refractivity contribution is 0.210. The number of rotatable bonds is 4. The van der Waals surface area contributed by atoms with E-state index in [-0.39, 0.29) is 0 Å². The predicted octanol–water partition coefficient (Wildman–Crippen LogP) is 5.29. The molecule has 2 aromatic carbocycles. The van der Waals surface area contributed by atoms with Crippen LogP contribution in [0.15, 0.2) is 36.4 Å². The van der Waals surface area contributed by atoms with Crippen molar-refractivity contribution in [1.29, 1.82) is 0 Å². The SMILES string of the molecule is c1ccc2c(B3CCCC3)ccc(OCC3CCCCC3)c2c1. The van der Waals surface area contributed by atoms with Gasteiger partial charge in [0, 0.05) is 5.39 Å². The molecule has 1 saturated heterocycles. The molecule has 1 heterocycles. The standard InChI is InChI=1S/C21H27BO/c1-2-8-17(9-3-1)16-23-21-13-12-20(22-14-6-7-15-22)18-10-4-5-11-19(18)21/h4-5,10-13,17H,1-3,6-9,14-16H2. The van der Waals surface area contributed by atoms with Crippen LogP contribution in [0.25, 0.3) is 10.8 Å². The van der Waals surface area contributed by atoms with Gasteiger partial charge in [-0.1, -0.05) is 80.5 Å². The third kappa shape index (κ3) is 3.27. The van der Waals surface area contributed by atoms with E-state index < -0.39 is 0 Å². The van der Waals surface area contributed by atoms with Crippen LogP contribution < -0.4 is 10.2 Å². The highest BCUT2D eigenvalue weighted by molar-refractivity contribution is 6.76. The minimum absolute atomic E-state index is 0.757. The van der Waals surface area contributed by atoms with Crippen LogP contribution >= 0.6 is 0 Å². The van der Waals surface area contributed by atoms with Crippen molar-refractivity contribution in [2.75, 3.05) is 6.61 Å². The summed E-state index contributed by atoms with van der Waals surface area (Å²) in [4.78, 5) is 0. The molecule has 4 rings (SSSR count). The Balaban J connectivity index is 1.58. The number of ether oxygens (including phenoxy) is 1. The maximum atomic E-state index is 6.28. The Morgan fingerprint density at radius 1 is 0.826 bits per heavy atom. The van der Waals surface area contributed by atoms with Crippen LogP contribution in [0.2, 0.25) is 12.6 Å². The first-order valence-electron chi connectivity index (χ1n) is 9.56. The van der Waals surface area contributed by atoms with E-state index in [1.165, 1.54) is 68.4 Å². The Bertz CT molecular complexity index is 654. The van der Waals surface area contributed by atoms with Crippen LogP contribution in [0.5, 0.6) is 5.75 Å². The zero-order chi connectivity index (χ0) is 15.5. The first-order valence-corrected chi connectivity index (χ1v) is 9.56. The molecule has 0 amide bonds. The summed E-state index contributed by atoms with van der Waals surface area (Å²) in [5, 5.41) is 2.73. The van der Waals surface area contributed by atoms with Crippen LogP contribution in [0.3, 0.4) is 0 Å². The Kier molecular flexibility index (Phi) is 4.59. The molecule has 1 nitrogen and oxygen atoms in total. The highest BCUT2D eigenvalue weighted by Gasteiger charge is 2.23. The fraction of sp³-hybridized carbons (Fsp3) is 0.524. The molecule has 0 N–H and O–H groups in total. The van der Waals surface area contributed by atoms with Gasteiger partial charge in [0.15, 0.2) is 6.71 Å². The van der Waals surface area contributed by atoms with Gasteiger partial charge in [-0.25, -0.2) is 0 Å². The molecule has 120 valence electrons. The van der Waals surface area contributed by atoms with Gasteiger partial charge in [0.1, 0.15) is 5.75 Å². The van der Waals surface area contributed by atoms with E-state index in [1.807, 2.05) is 0 Å². The van der Waals surface area contributed by atoms with Gasteiger partial charge in [-0.3, -0.25) is 0 Å². The number of hydrogen-bond donors (Lipinski definition) is 0. The van der Waals surface area contributed by atoms with E-state index in [9.17, 15) is 0 Å². The third-order valence-corrected chi connectivity index (χ3v) is 5.91. The quantitative estimate of drug-likeness (QED) is 0.697. The van der Waals surface area contributed by atoms with Crippen molar-refractivity contribution in [1.82, 2.24) is 0 Å². The summed E-state index contributed by atoms with van der Waals surface area (Å²) in [5.74, 6) is 1.85. The summed E-state index contributed by atoms with van der Waals surface area (Å²) in [6, 6.07) is 13.4. The fourth-order valence-electron chi connectivity index (χ4n) is 4.57. The van der Waals surface area contributed by atoms with E-state index in [2.05, 4.69) is 36.4 Å². The second kappa shape index (κ2) is 6.99. The summed E-state index contributed by atoms with van der Waals surface area (Å²) < 4.78 is 6.28. The molecule has 0 unspecified atom stereocenters. The molecule has 0 bridgehead atoms. The fourth-order valence-corrected chi connectivity index (χ4v) is 4.57. The van der Waals surface area contributed by atoms with Gasteiger partial charge in [0.25, 0.3) is 0 Å². The molecule has 2 heteroatoms. The van der Waals surface area contributed by atoms with Gasteiger partial charge >= 0.3 is 0 Å². The maximum Gasteiger partial charge on any atom is 0.176 e. The van der Waals surface area contributed by atoms with Gasteiger partial charge in [-0.15, -0.1) is 0 Å². The second-order valence-electron chi connectivity index (χ2n) is 7.49. The summed E-state index contributed by atoms with van der Waals surface area (Å²) in [5.41, 5.74) is 1.54. The molecule has 0 aromatic heterocycles. The van der Waals surface area contributed by atoms with Crippen LogP contribution in [-0.2, 0) is 0 Å². The zero-order valence-electron chi connectivity index (χ0n) is 14.1. The highest BCUT2D eigenvalue weighted by atomic mass is 16.5. The Hall–Kier alpha value is -1.44. The van der Waals surface area contributed by atoms with Crippen molar-refractivity contribution in [3.8, 4) is 5.75 Å². The first kappa shape index (κ1) is 15.1. The third-order valence-electron chi connectivity index (χ3n) is 5.91. The summed E-state index contributed by atoms with van der Waals surface area (Å²) in [6.45, 7) is 1.65. The lowest BCUT2D eigenvalue weighted by Gasteiger charge is -2.22. The molecule has 0 radical (unpaired) electrons. The van der Waals surface area contributed by atoms with Crippen molar-refractivity contribution >= 4 is 22.9 Å². The van der Waals surface area contributed by atoms with Crippen molar-refractivity contribution in [2.45, 2.75) is 57.6 Å².